The molecule has 0 heterocycles. The molecule has 1 saturated carbocycles. The predicted octanol–water partition coefficient (Wildman–Crippen LogP) is 2.58. The maximum absolute atomic E-state index is 12.2. The van der Waals surface area contributed by atoms with E-state index in [1.54, 1.807) is 0 Å². The Hall–Kier alpha value is -1.35. The first kappa shape index (κ1) is 14.1. The third kappa shape index (κ3) is 3.57. The number of nitrogens with one attached hydrogen (secondary N) is 1. The second-order valence-electron chi connectivity index (χ2n) is 5.69. The number of carbonyl (C=O) groups is 1. The minimum atomic E-state index is 0.0324. The van der Waals surface area contributed by atoms with Gasteiger partial charge >= 0.3 is 0 Å². The van der Waals surface area contributed by atoms with Gasteiger partial charge in [0.25, 0.3) is 5.91 Å². The quantitative estimate of drug-likeness (QED) is 0.878. The van der Waals surface area contributed by atoms with E-state index in [-0.39, 0.29) is 18.6 Å². The number of hydrogen-bond donors (Lipinski definition) is 2. The minimum Gasteiger partial charge on any atom is -0.396 e. The number of aliphatic hydroxyl groups excluding tert-OH is 1. The Morgan fingerprint density at radius 3 is 2.53 bits per heavy atom. The van der Waals surface area contributed by atoms with Gasteiger partial charge in [-0.25, -0.2) is 0 Å². The van der Waals surface area contributed by atoms with E-state index in [9.17, 15) is 4.79 Å². The number of aryl methyl sites for hydroxylation is 2. The van der Waals surface area contributed by atoms with Gasteiger partial charge in [-0.1, -0.05) is 17.7 Å². The fraction of sp³-hybridized carbons (Fsp3) is 0.562. The van der Waals surface area contributed by atoms with Crippen molar-refractivity contribution < 1.29 is 9.90 Å². The molecule has 0 aliphatic heterocycles. The Bertz CT molecular complexity index is 448. The fourth-order valence-electron chi connectivity index (χ4n) is 2.82. The highest BCUT2D eigenvalue weighted by Crippen LogP contribution is 2.24. The van der Waals surface area contributed by atoms with Crippen molar-refractivity contribution in [3.8, 4) is 0 Å². The van der Waals surface area contributed by atoms with E-state index in [4.69, 9.17) is 5.11 Å². The predicted molar refractivity (Wildman–Crippen MR) is 76.2 cm³/mol. The van der Waals surface area contributed by atoms with Crippen LogP contribution in [0.3, 0.4) is 0 Å². The average molecular weight is 261 g/mol. The molecule has 1 aliphatic rings. The van der Waals surface area contributed by atoms with Gasteiger partial charge in [0, 0.05) is 18.2 Å². The second-order valence-corrected chi connectivity index (χ2v) is 5.69. The van der Waals surface area contributed by atoms with E-state index < -0.39 is 0 Å². The highest BCUT2D eigenvalue weighted by Gasteiger charge is 2.22. The first-order valence-electron chi connectivity index (χ1n) is 7.09. The van der Waals surface area contributed by atoms with E-state index in [1.165, 1.54) is 5.56 Å². The van der Waals surface area contributed by atoms with Crippen LogP contribution in [0, 0.1) is 19.8 Å². The molecule has 3 nitrogen and oxygen atoms in total. The molecule has 0 radical (unpaired) electrons. The number of rotatable bonds is 3. The van der Waals surface area contributed by atoms with Crippen LogP contribution in [0.25, 0.3) is 0 Å². The third-order valence-electron chi connectivity index (χ3n) is 4.07. The monoisotopic (exact) mass is 261 g/mol. The van der Waals surface area contributed by atoms with Crippen LogP contribution >= 0.6 is 0 Å². The summed E-state index contributed by atoms with van der Waals surface area (Å²) in [5.41, 5.74) is 2.98. The lowest BCUT2D eigenvalue weighted by Crippen LogP contribution is -2.38. The van der Waals surface area contributed by atoms with Gasteiger partial charge in [-0.2, -0.15) is 0 Å². The van der Waals surface area contributed by atoms with Crippen LogP contribution in [0.2, 0.25) is 0 Å². The maximum atomic E-state index is 12.2. The van der Waals surface area contributed by atoms with Crippen molar-refractivity contribution in [1.82, 2.24) is 5.32 Å². The van der Waals surface area contributed by atoms with Crippen LogP contribution < -0.4 is 5.32 Å². The smallest absolute Gasteiger partial charge is 0.251 e. The normalized spacial score (nSPS) is 23.1. The summed E-state index contributed by atoms with van der Waals surface area (Å²) in [4.78, 5) is 12.2. The van der Waals surface area contributed by atoms with Gasteiger partial charge in [0.1, 0.15) is 0 Å². The molecule has 0 unspecified atom stereocenters. The van der Waals surface area contributed by atoms with Crippen LogP contribution in [0.1, 0.15) is 47.2 Å². The zero-order chi connectivity index (χ0) is 13.8. The third-order valence-corrected chi connectivity index (χ3v) is 4.07. The molecular formula is C16H23NO2. The van der Waals surface area contributed by atoms with Crippen molar-refractivity contribution >= 4 is 5.91 Å². The lowest BCUT2D eigenvalue weighted by Gasteiger charge is -2.28. The van der Waals surface area contributed by atoms with Crippen LogP contribution in [-0.2, 0) is 0 Å². The summed E-state index contributed by atoms with van der Waals surface area (Å²) in [5, 5.41) is 12.2. The van der Waals surface area contributed by atoms with Gasteiger partial charge in [0.2, 0.25) is 0 Å². The number of hydrogen-bond acceptors (Lipinski definition) is 2. The molecule has 0 saturated heterocycles. The molecule has 1 aromatic carbocycles. The lowest BCUT2D eigenvalue weighted by molar-refractivity contribution is 0.0913. The van der Waals surface area contributed by atoms with Crippen molar-refractivity contribution in [2.45, 2.75) is 45.6 Å². The Kier molecular flexibility index (Phi) is 4.59. The van der Waals surface area contributed by atoms with Crippen molar-refractivity contribution in [2.75, 3.05) is 6.61 Å². The van der Waals surface area contributed by atoms with Crippen LogP contribution in [0.4, 0.5) is 0 Å². The SMILES string of the molecule is Cc1ccc(C(=O)NC2CCC(CO)CC2)c(C)c1. The van der Waals surface area contributed by atoms with E-state index in [2.05, 4.69) is 5.32 Å². The van der Waals surface area contributed by atoms with Crippen LogP contribution in [0.5, 0.6) is 0 Å². The molecule has 0 bridgehead atoms. The Morgan fingerprint density at radius 1 is 1.26 bits per heavy atom. The zero-order valence-corrected chi connectivity index (χ0v) is 11.8. The molecule has 1 aliphatic carbocycles. The number of carbonyl (C=O) groups excluding carboxylic acids is 1. The summed E-state index contributed by atoms with van der Waals surface area (Å²) < 4.78 is 0. The van der Waals surface area contributed by atoms with Gasteiger partial charge < -0.3 is 10.4 Å². The summed E-state index contributed by atoms with van der Waals surface area (Å²) in [7, 11) is 0. The first-order valence-corrected chi connectivity index (χ1v) is 7.09. The summed E-state index contributed by atoms with van der Waals surface area (Å²) in [6, 6.07) is 6.18. The average Bonchev–Trinajstić information content (AvgIpc) is 2.39. The van der Waals surface area contributed by atoms with Gasteiger partial charge in [-0.15, -0.1) is 0 Å². The van der Waals surface area contributed by atoms with Crippen molar-refractivity contribution in [3.05, 3.63) is 34.9 Å². The molecule has 1 fully saturated rings. The zero-order valence-electron chi connectivity index (χ0n) is 11.8. The van der Waals surface area contributed by atoms with Crippen LogP contribution in [-0.4, -0.2) is 23.7 Å². The topological polar surface area (TPSA) is 49.3 Å². The van der Waals surface area contributed by atoms with Gasteiger partial charge in [-0.3, -0.25) is 4.79 Å². The van der Waals surface area contributed by atoms with Gasteiger partial charge in [-0.05, 0) is 57.1 Å². The number of aliphatic hydroxyl groups is 1. The Labute approximate surface area is 115 Å². The highest BCUT2D eigenvalue weighted by molar-refractivity contribution is 5.95. The molecule has 3 heteroatoms. The van der Waals surface area contributed by atoms with E-state index in [0.29, 0.717) is 5.92 Å². The molecule has 1 aromatic rings. The molecule has 0 spiro atoms. The lowest BCUT2D eigenvalue weighted by atomic mass is 9.86. The minimum absolute atomic E-state index is 0.0324. The van der Waals surface area contributed by atoms with Gasteiger partial charge in [0.15, 0.2) is 0 Å². The molecule has 0 aromatic heterocycles. The maximum Gasteiger partial charge on any atom is 0.251 e. The van der Waals surface area contributed by atoms with Crippen molar-refractivity contribution in [1.29, 1.82) is 0 Å². The standard InChI is InChI=1S/C16H23NO2/c1-11-3-8-15(12(2)9-11)16(19)17-14-6-4-13(10-18)5-7-14/h3,8-9,13-14,18H,4-7,10H2,1-2H3,(H,17,19). The second kappa shape index (κ2) is 6.20. The molecular weight excluding hydrogens is 238 g/mol. The summed E-state index contributed by atoms with van der Waals surface area (Å²) in [5.74, 6) is 0.458. The largest absolute Gasteiger partial charge is 0.396 e. The molecule has 2 N–H and O–H groups in total. The van der Waals surface area contributed by atoms with Crippen molar-refractivity contribution in [2.24, 2.45) is 5.92 Å². The number of amides is 1. The Morgan fingerprint density at radius 2 is 1.95 bits per heavy atom. The Balaban J connectivity index is 1.94. The fourth-order valence-corrected chi connectivity index (χ4v) is 2.82. The van der Waals surface area contributed by atoms with E-state index in [0.717, 1.165) is 36.8 Å². The summed E-state index contributed by atoms with van der Waals surface area (Å²) in [6.45, 7) is 4.28. The number of benzene rings is 1. The first-order chi connectivity index (χ1) is 9.10. The highest BCUT2D eigenvalue weighted by atomic mass is 16.3. The molecule has 2 rings (SSSR count). The van der Waals surface area contributed by atoms with Gasteiger partial charge in [0.05, 0.1) is 0 Å². The summed E-state index contributed by atoms with van der Waals surface area (Å²) in [6.07, 6.45) is 3.96. The molecule has 104 valence electrons. The molecule has 1 amide bonds. The van der Waals surface area contributed by atoms with E-state index >= 15 is 0 Å². The summed E-state index contributed by atoms with van der Waals surface area (Å²) >= 11 is 0. The molecule has 19 heavy (non-hydrogen) atoms. The van der Waals surface area contributed by atoms with Crippen molar-refractivity contribution in [3.63, 3.8) is 0 Å². The molecule has 0 atom stereocenters. The van der Waals surface area contributed by atoms with Crippen LogP contribution in [0.15, 0.2) is 18.2 Å². The van der Waals surface area contributed by atoms with E-state index in [1.807, 2.05) is 32.0 Å².